The molecule has 2 rings (SSSR count). The summed E-state index contributed by atoms with van der Waals surface area (Å²) in [7, 11) is -3.35. The van der Waals surface area contributed by atoms with Crippen molar-refractivity contribution in [1.29, 1.82) is 5.41 Å². The number of benzene rings is 1. The lowest BCUT2D eigenvalue weighted by Gasteiger charge is -2.06. The fourth-order valence-electron chi connectivity index (χ4n) is 1.92. The van der Waals surface area contributed by atoms with E-state index in [-0.39, 0.29) is 5.84 Å². The minimum Gasteiger partial charge on any atom is -0.384 e. The highest BCUT2D eigenvalue weighted by atomic mass is 32.2. The van der Waals surface area contributed by atoms with Gasteiger partial charge in [0.1, 0.15) is 5.84 Å². The molecule has 0 unspecified atom stereocenters. The first-order chi connectivity index (χ1) is 7.80. The third-order valence-electron chi connectivity index (χ3n) is 2.58. The lowest BCUT2D eigenvalue weighted by atomic mass is 10.1. The number of nitrogens with zero attached hydrogens (tertiary/aromatic N) is 1. The minimum atomic E-state index is -3.35. The number of rotatable bonds is 2. The van der Waals surface area contributed by atoms with E-state index in [9.17, 15) is 8.42 Å². The Bertz CT molecular complexity index is 714. The normalized spacial score (nSPS) is 11.9. The van der Waals surface area contributed by atoms with Crippen LogP contribution in [0.5, 0.6) is 0 Å². The van der Waals surface area contributed by atoms with Crippen molar-refractivity contribution in [3.63, 3.8) is 0 Å². The van der Waals surface area contributed by atoms with E-state index in [0.29, 0.717) is 16.8 Å². The Hall–Kier alpha value is -1.82. The van der Waals surface area contributed by atoms with Gasteiger partial charge in [-0.25, -0.2) is 12.4 Å². The van der Waals surface area contributed by atoms with E-state index >= 15 is 0 Å². The third kappa shape index (κ3) is 1.91. The number of aromatic nitrogens is 1. The van der Waals surface area contributed by atoms with Gasteiger partial charge in [-0.1, -0.05) is 12.1 Å². The number of amidine groups is 1. The molecule has 1 heterocycles. The number of nitrogens with two attached hydrogens (primary N) is 1. The van der Waals surface area contributed by atoms with Crippen LogP contribution in [0.25, 0.3) is 10.9 Å². The van der Waals surface area contributed by atoms with Crippen molar-refractivity contribution in [3.8, 4) is 0 Å². The molecule has 5 nitrogen and oxygen atoms in total. The van der Waals surface area contributed by atoms with Crippen LogP contribution in [0.2, 0.25) is 0 Å². The first-order valence-corrected chi connectivity index (χ1v) is 6.82. The molecule has 2 aromatic rings. The highest BCUT2D eigenvalue weighted by molar-refractivity contribution is 7.89. The van der Waals surface area contributed by atoms with E-state index in [1.807, 2.05) is 0 Å². The topological polar surface area (TPSA) is 88.9 Å². The maximum absolute atomic E-state index is 11.7. The van der Waals surface area contributed by atoms with Crippen molar-refractivity contribution in [2.24, 2.45) is 5.73 Å². The number of hydrogen-bond donors (Lipinski definition) is 2. The van der Waals surface area contributed by atoms with Crippen LogP contribution in [0.1, 0.15) is 11.3 Å². The lowest BCUT2D eigenvalue weighted by Crippen LogP contribution is -2.13. The molecule has 0 radical (unpaired) electrons. The maximum Gasteiger partial charge on any atom is 0.236 e. The van der Waals surface area contributed by atoms with Gasteiger partial charge in [0.05, 0.1) is 11.8 Å². The quantitative estimate of drug-likeness (QED) is 0.617. The smallest absolute Gasteiger partial charge is 0.236 e. The third-order valence-corrected chi connectivity index (χ3v) is 3.72. The number of aryl methyl sites for hydroxylation is 1. The molecule has 6 heteroatoms. The summed E-state index contributed by atoms with van der Waals surface area (Å²) in [6.07, 6.45) is 1.15. The summed E-state index contributed by atoms with van der Waals surface area (Å²) in [6, 6.07) is 6.88. The van der Waals surface area contributed by atoms with E-state index in [0.717, 1.165) is 11.6 Å². The number of hydrogen-bond acceptors (Lipinski definition) is 3. The summed E-state index contributed by atoms with van der Waals surface area (Å²) in [5.41, 5.74) is 7.10. The fraction of sp³-hybridized carbons (Fsp3) is 0.182. The molecule has 0 saturated heterocycles. The summed E-state index contributed by atoms with van der Waals surface area (Å²) in [5, 5.41) is 8.18. The van der Waals surface area contributed by atoms with Crippen LogP contribution in [-0.4, -0.2) is 24.5 Å². The van der Waals surface area contributed by atoms with Crippen molar-refractivity contribution in [2.45, 2.75) is 6.92 Å². The molecule has 0 amide bonds. The molecule has 3 N–H and O–H groups in total. The van der Waals surface area contributed by atoms with Gasteiger partial charge in [0.2, 0.25) is 10.0 Å². The summed E-state index contributed by atoms with van der Waals surface area (Å²) in [5.74, 6) is -0.0780. The van der Waals surface area contributed by atoms with E-state index in [1.165, 1.54) is 3.97 Å². The van der Waals surface area contributed by atoms with E-state index in [2.05, 4.69) is 0 Å². The van der Waals surface area contributed by atoms with E-state index in [1.54, 1.807) is 31.2 Å². The maximum atomic E-state index is 11.7. The van der Waals surface area contributed by atoms with Gasteiger partial charge in [0.25, 0.3) is 0 Å². The molecule has 1 aromatic heterocycles. The zero-order valence-electron chi connectivity index (χ0n) is 9.56. The lowest BCUT2D eigenvalue weighted by molar-refractivity contribution is 0.594. The van der Waals surface area contributed by atoms with Gasteiger partial charge in [-0.3, -0.25) is 5.41 Å². The van der Waals surface area contributed by atoms with Gasteiger partial charge in [0, 0.05) is 16.6 Å². The van der Waals surface area contributed by atoms with Gasteiger partial charge in [0.15, 0.2) is 0 Å². The predicted octanol–water partition coefficient (Wildman–Crippen LogP) is 1.04. The summed E-state index contributed by atoms with van der Waals surface area (Å²) in [6.45, 7) is 1.73. The standard InChI is InChI=1S/C11H13N3O2S/c1-7-5-8-3-4-9(11(12)13)6-10(8)14(7)17(2,15)16/h3-6H,1-2H3,(H3,12,13). The Morgan fingerprint density at radius 3 is 2.53 bits per heavy atom. The average molecular weight is 251 g/mol. The van der Waals surface area contributed by atoms with Gasteiger partial charge in [-0.2, -0.15) is 0 Å². The first kappa shape index (κ1) is 11.7. The van der Waals surface area contributed by atoms with E-state index < -0.39 is 10.0 Å². The Morgan fingerprint density at radius 1 is 1.35 bits per heavy atom. The molecule has 0 aliphatic rings. The summed E-state index contributed by atoms with van der Waals surface area (Å²) in [4.78, 5) is 0. The van der Waals surface area contributed by atoms with Crippen LogP contribution < -0.4 is 5.73 Å². The largest absolute Gasteiger partial charge is 0.384 e. The molecule has 0 fully saturated rings. The van der Waals surface area contributed by atoms with Crippen LogP contribution in [0.15, 0.2) is 24.3 Å². The Kier molecular flexibility index (Phi) is 2.46. The number of fused-ring (bicyclic) bond motifs is 1. The second-order valence-corrected chi connectivity index (χ2v) is 5.83. The Labute approximate surface area is 99.4 Å². The molecule has 0 aliphatic heterocycles. The molecule has 0 bridgehead atoms. The molecule has 0 saturated carbocycles. The van der Waals surface area contributed by atoms with Crippen molar-refractivity contribution in [3.05, 3.63) is 35.5 Å². The highest BCUT2D eigenvalue weighted by Gasteiger charge is 2.14. The number of nitrogens with one attached hydrogen (secondary N) is 1. The zero-order chi connectivity index (χ0) is 12.8. The molecule has 0 aliphatic carbocycles. The Balaban J connectivity index is 2.88. The van der Waals surface area contributed by atoms with Crippen LogP contribution in [0.3, 0.4) is 0 Å². The molecule has 1 aromatic carbocycles. The summed E-state index contributed by atoms with van der Waals surface area (Å²) < 4.78 is 24.6. The monoisotopic (exact) mass is 251 g/mol. The Morgan fingerprint density at radius 2 is 2.00 bits per heavy atom. The van der Waals surface area contributed by atoms with Gasteiger partial charge in [-0.15, -0.1) is 0 Å². The predicted molar refractivity (Wildman–Crippen MR) is 67.9 cm³/mol. The van der Waals surface area contributed by atoms with Crippen LogP contribution in [-0.2, 0) is 10.0 Å². The molecule has 0 spiro atoms. The van der Waals surface area contributed by atoms with Gasteiger partial charge >= 0.3 is 0 Å². The average Bonchev–Trinajstić information content (AvgIpc) is 2.51. The molecule has 90 valence electrons. The molecule has 17 heavy (non-hydrogen) atoms. The van der Waals surface area contributed by atoms with Crippen molar-refractivity contribution in [2.75, 3.05) is 6.26 Å². The van der Waals surface area contributed by atoms with Crippen molar-refractivity contribution < 1.29 is 8.42 Å². The second-order valence-electron chi connectivity index (χ2n) is 4.00. The first-order valence-electron chi connectivity index (χ1n) is 4.98. The molecular formula is C11H13N3O2S. The van der Waals surface area contributed by atoms with Crippen LogP contribution in [0.4, 0.5) is 0 Å². The van der Waals surface area contributed by atoms with Gasteiger partial charge < -0.3 is 5.73 Å². The second kappa shape index (κ2) is 3.59. The van der Waals surface area contributed by atoms with Gasteiger partial charge in [-0.05, 0) is 19.1 Å². The van der Waals surface area contributed by atoms with Crippen LogP contribution in [0, 0.1) is 12.3 Å². The molecular weight excluding hydrogens is 238 g/mol. The highest BCUT2D eigenvalue weighted by Crippen LogP contribution is 2.22. The van der Waals surface area contributed by atoms with Crippen molar-refractivity contribution >= 4 is 26.8 Å². The number of nitrogen functional groups attached to an aromatic ring is 1. The SMILES string of the molecule is Cc1cc2ccc(C(=N)N)cc2n1S(C)(=O)=O. The molecule has 0 atom stereocenters. The summed E-state index contributed by atoms with van der Waals surface area (Å²) >= 11 is 0. The minimum absolute atomic E-state index is 0.0780. The zero-order valence-corrected chi connectivity index (χ0v) is 10.4. The fourth-order valence-corrected chi connectivity index (χ4v) is 3.01. The van der Waals surface area contributed by atoms with Crippen molar-refractivity contribution in [1.82, 2.24) is 3.97 Å². The van der Waals surface area contributed by atoms with Crippen LogP contribution >= 0.6 is 0 Å². The van der Waals surface area contributed by atoms with E-state index in [4.69, 9.17) is 11.1 Å².